The predicted molar refractivity (Wildman–Crippen MR) is 56.7 cm³/mol. The average molecular weight is 270 g/mol. The third-order valence-electron chi connectivity index (χ3n) is 1.84. The van der Waals surface area contributed by atoms with Gasteiger partial charge in [0.15, 0.2) is 0 Å². The maximum Gasteiger partial charge on any atom is 0.339 e. The first-order valence-corrected chi connectivity index (χ1v) is 4.80. The summed E-state index contributed by atoms with van der Waals surface area (Å²) < 4.78 is 9.94. The first kappa shape index (κ1) is 11.5. The minimum atomic E-state index is -0.499. The lowest BCUT2D eigenvalue weighted by Crippen LogP contribution is -2.04. The molecule has 0 atom stereocenters. The monoisotopic (exact) mass is 269 g/mol. The molecule has 5 heteroatoms. The van der Waals surface area contributed by atoms with Crippen LogP contribution >= 0.6 is 15.9 Å². The van der Waals surface area contributed by atoms with E-state index in [-0.39, 0.29) is 5.56 Å². The highest BCUT2D eigenvalue weighted by molar-refractivity contribution is 9.10. The molecule has 0 amide bonds. The summed E-state index contributed by atoms with van der Waals surface area (Å²) in [4.78, 5) is 11.3. The minimum Gasteiger partial charge on any atom is -0.495 e. The van der Waals surface area contributed by atoms with Crippen molar-refractivity contribution in [3.8, 4) is 11.8 Å². The molecule has 4 nitrogen and oxygen atoms in total. The molecule has 0 radical (unpaired) electrons. The molecule has 0 aliphatic carbocycles. The number of carbonyl (C=O) groups excluding carboxylic acids is 1. The van der Waals surface area contributed by atoms with E-state index >= 15 is 0 Å². The summed E-state index contributed by atoms with van der Waals surface area (Å²) in [6.07, 6.45) is 0. The van der Waals surface area contributed by atoms with Gasteiger partial charge in [0.1, 0.15) is 17.4 Å². The zero-order valence-corrected chi connectivity index (χ0v) is 9.79. The van der Waals surface area contributed by atoms with Crippen LogP contribution in [0.25, 0.3) is 0 Å². The highest BCUT2D eigenvalue weighted by Crippen LogP contribution is 2.29. The van der Waals surface area contributed by atoms with Crippen molar-refractivity contribution in [2.45, 2.75) is 0 Å². The van der Waals surface area contributed by atoms with E-state index in [1.165, 1.54) is 20.3 Å². The molecule has 0 aliphatic heterocycles. The summed E-state index contributed by atoms with van der Waals surface area (Å²) in [6, 6.07) is 5.04. The zero-order chi connectivity index (χ0) is 11.4. The molecule has 0 spiro atoms. The van der Waals surface area contributed by atoms with Crippen LogP contribution in [-0.4, -0.2) is 20.2 Å². The van der Waals surface area contributed by atoms with E-state index in [1.54, 1.807) is 6.07 Å². The van der Waals surface area contributed by atoms with Crippen LogP contribution in [0, 0.1) is 11.3 Å². The molecule has 1 rings (SSSR count). The van der Waals surface area contributed by atoms with Gasteiger partial charge in [-0.15, -0.1) is 0 Å². The molecule has 0 fully saturated rings. The summed E-state index contributed by atoms with van der Waals surface area (Å²) in [5.74, 6) is -0.0851. The predicted octanol–water partition coefficient (Wildman–Crippen LogP) is 2.12. The van der Waals surface area contributed by atoms with E-state index in [1.807, 2.05) is 6.07 Å². The second kappa shape index (κ2) is 4.80. The van der Waals surface area contributed by atoms with Crippen molar-refractivity contribution >= 4 is 21.9 Å². The summed E-state index contributed by atoms with van der Waals surface area (Å²) in [6.45, 7) is 0. The first-order chi connectivity index (χ1) is 7.15. The second-order valence-electron chi connectivity index (χ2n) is 2.61. The molecule has 15 heavy (non-hydrogen) atoms. The van der Waals surface area contributed by atoms with Gasteiger partial charge in [0.25, 0.3) is 0 Å². The molecule has 1 aromatic carbocycles. The molecule has 0 N–H and O–H groups in total. The van der Waals surface area contributed by atoms with Gasteiger partial charge in [-0.05, 0) is 28.1 Å². The molecule has 0 aliphatic rings. The van der Waals surface area contributed by atoms with Gasteiger partial charge < -0.3 is 9.47 Å². The standard InChI is InChI=1S/C10H8BrNO3/c1-14-8-4-3-6(10(13)15-2)9(11)7(8)5-12/h3-4H,1-2H3. The fourth-order valence-electron chi connectivity index (χ4n) is 1.10. The molecular formula is C10H8BrNO3. The van der Waals surface area contributed by atoms with Crippen molar-refractivity contribution < 1.29 is 14.3 Å². The van der Waals surface area contributed by atoms with E-state index < -0.39 is 5.97 Å². The number of ether oxygens (including phenoxy) is 2. The number of rotatable bonds is 2. The van der Waals surface area contributed by atoms with E-state index in [9.17, 15) is 4.79 Å². The van der Waals surface area contributed by atoms with Gasteiger partial charge in [-0.3, -0.25) is 0 Å². The van der Waals surface area contributed by atoms with Crippen LogP contribution in [0.5, 0.6) is 5.75 Å². The third-order valence-corrected chi connectivity index (χ3v) is 2.66. The SMILES string of the molecule is COC(=O)c1ccc(OC)c(C#N)c1Br. The van der Waals surface area contributed by atoms with Crippen molar-refractivity contribution in [2.75, 3.05) is 14.2 Å². The van der Waals surface area contributed by atoms with Crippen molar-refractivity contribution in [3.05, 3.63) is 27.7 Å². The molecule has 1 aromatic rings. The Bertz CT molecular complexity index is 437. The van der Waals surface area contributed by atoms with Crippen LogP contribution in [0.3, 0.4) is 0 Å². The highest BCUT2D eigenvalue weighted by Gasteiger charge is 2.16. The number of esters is 1. The number of methoxy groups -OCH3 is 2. The Hall–Kier alpha value is -1.54. The molecule has 0 aromatic heterocycles. The third kappa shape index (κ3) is 2.10. The Balaban J connectivity index is 3.37. The van der Waals surface area contributed by atoms with E-state index in [4.69, 9.17) is 10.00 Å². The minimum absolute atomic E-state index is 0.278. The maximum absolute atomic E-state index is 11.3. The molecule has 0 saturated carbocycles. The molecule has 0 unspecified atom stereocenters. The Labute approximate surface area is 95.5 Å². The van der Waals surface area contributed by atoms with Gasteiger partial charge in [0.05, 0.1) is 24.3 Å². The lowest BCUT2D eigenvalue weighted by atomic mass is 10.1. The smallest absolute Gasteiger partial charge is 0.339 e. The van der Waals surface area contributed by atoms with Gasteiger partial charge >= 0.3 is 5.97 Å². The number of hydrogen-bond donors (Lipinski definition) is 0. The summed E-state index contributed by atoms with van der Waals surface area (Å²) >= 11 is 3.17. The Morgan fingerprint density at radius 1 is 1.47 bits per heavy atom. The molecule has 0 heterocycles. The van der Waals surface area contributed by atoms with Crippen LogP contribution in [0.15, 0.2) is 16.6 Å². The lowest BCUT2D eigenvalue weighted by Gasteiger charge is -2.07. The second-order valence-corrected chi connectivity index (χ2v) is 3.40. The van der Waals surface area contributed by atoms with Gasteiger partial charge in [0.2, 0.25) is 0 Å². The van der Waals surface area contributed by atoms with E-state index in [0.29, 0.717) is 15.8 Å². The summed E-state index contributed by atoms with van der Waals surface area (Å²) in [5, 5.41) is 8.90. The number of carbonyl (C=O) groups is 1. The molecule has 0 saturated heterocycles. The highest BCUT2D eigenvalue weighted by atomic mass is 79.9. The summed E-state index contributed by atoms with van der Waals surface area (Å²) in [5.41, 5.74) is 0.579. The van der Waals surface area contributed by atoms with Crippen LogP contribution in [0.1, 0.15) is 15.9 Å². The van der Waals surface area contributed by atoms with E-state index in [0.717, 1.165) is 0 Å². The number of nitriles is 1. The summed E-state index contributed by atoms with van der Waals surface area (Å²) in [7, 11) is 2.74. The van der Waals surface area contributed by atoms with Crippen molar-refractivity contribution in [1.82, 2.24) is 0 Å². The number of halogens is 1. The van der Waals surface area contributed by atoms with Crippen molar-refractivity contribution in [2.24, 2.45) is 0 Å². The molecule has 0 bridgehead atoms. The maximum atomic E-state index is 11.3. The molecular weight excluding hydrogens is 262 g/mol. The fourth-order valence-corrected chi connectivity index (χ4v) is 1.68. The van der Waals surface area contributed by atoms with Gasteiger partial charge in [-0.2, -0.15) is 5.26 Å². The van der Waals surface area contributed by atoms with E-state index in [2.05, 4.69) is 20.7 Å². The Morgan fingerprint density at radius 2 is 2.13 bits per heavy atom. The van der Waals surface area contributed by atoms with Gasteiger partial charge in [-0.25, -0.2) is 4.79 Å². The van der Waals surface area contributed by atoms with Crippen LogP contribution < -0.4 is 4.74 Å². The lowest BCUT2D eigenvalue weighted by molar-refractivity contribution is 0.0599. The van der Waals surface area contributed by atoms with Crippen molar-refractivity contribution in [1.29, 1.82) is 5.26 Å². The number of nitrogens with zero attached hydrogens (tertiary/aromatic N) is 1. The number of benzene rings is 1. The van der Waals surface area contributed by atoms with Crippen LogP contribution in [-0.2, 0) is 4.74 Å². The fraction of sp³-hybridized carbons (Fsp3) is 0.200. The molecule has 78 valence electrons. The largest absolute Gasteiger partial charge is 0.495 e. The average Bonchev–Trinajstić information content (AvgIpc) is 2.27. The Kier molecular flexibility index (Phi) is 3.69. The van der Waals surface area contributed by atoms with Crippen LogP contribution in [0.4, 0.5) is 0 Å². The van der Waals surface area contributed by atoms with Crippen molar-refractivity contribution in [3.63, 3.8) is 0 Å². The first-order valence-electron chi connectivity index (χ1n) is 4.00. The van der Waals surface area contributed by atoms with Crippen LogP contribution in [0.2, 0.25) is 0 Å². The number of hydrogen-bond acceptors (Lipinski definition) is 4. The topological polar surface area (TPSA) is 59.3 Å². The van der Waals surface area contributed by atoms with Gasteiger partial charge in [-0.1, -0.05) is 0 Å². The normalized spacial score (nSPS) is 9.20. The quantitative estimate of drug-likeness (QED) is 0.772. The zero-order valence-electron chi connectivity index (χ0n) is 8.20. The Morgan fingerprint density at radius 3 is 2.60 bits per heavy atom. The van der Waals surface area contributed by atoms with Gasteiger partial charge in [0, 0.05) is 0 Å².